The Morgan fingerprint density at radius 3 is 2.20 bits per heavy atom. The van der Waals surface area contributed by atoms with Gasteiger partial charge in [-0.15, -0.1) is 24.8 Å². The third-order valence-corrected chi connectivity index (χ3v) is 10.1. The molecule has 3 aromatic rings. The Hall–Kier alpha value is -3.70. The van der Waals surface area contributed by atoms with Crippen LogP contribution in [0.1, 0.15) is 72.9 Å². The van der Waals surface area contributed by atoms with E-state index >= 15 is 0 Å². The van der Waals surface area contributed by atoms with E-state index < -0.39 is 17.2 Å². The lowest BCUT2D eigenvalue weighted by atomic mass is 9.77. The van der Waals surface area contributed by atoms with Gasteiger partial charge in [0.2, 0.25) is 11.8 Å². The number of piperazine rings is 1. The first-order chi connectivity index (χ1) is 22.8. The molecule has 49 heavy (non-hydrogen) atoms. The standard InChI is InChI=1S/C37H45N5O5.2ClH/c1-38-33(43)29-9-13-31(14-10-29)47-30-11-7-28(8-12-30)26-41-22-18-37(19-23-41)35(45)40-32(24-36(46)16-3-2-4-17-36)34(44)42(37)21-15-27-6-5-20-39-25-27;;/h5-14,20,25,32,46H,2-4,15-19,21-24,26H2,1H3,(H,38,43)(H,40,45);2*1H/t32-;;/m1../s1. The van der Waals surface area contributed by atoms with Crippen molar-refractivity contribution in [2.75, 3.05) is 26.7 Å². The van der Waals surface area contributed by atoms with E-state index in [0.29, 0.717) is 68.8 Å². The fourth-order valence-corrected chi connectivity index (χ4v) is 7.37. The molecule has 1 spiro atoms. The van der Waals surface area contributed by atoms with Crippen LogP contribution in [-0.4, -0.2) is 81.5 Å². The number of ether oxygens (including phenoxy) is 1. The monoisotopic (exact) mass is 711 g/mol. The van der Waals surface area contributed by atoms with Gasteiger partial charge >= 0.3 is 0 Å². The van der Waals surface area contributed by atoms with Crippen molar-refractivity contribution in [1.29, 1.82) is 0 Å². The van der Waals surface area contributed by atoms with Crippen molar-refractivity contribution >= 4 is 42.5 Å². The Morgan fingerprint density at radius 2 is 1.59 bits per heavy atom. The van der Waals surface area contributed by atoms with E-state index in [9.17, 15) is 19.5 Å². The molecule has 1 atom stereocenters. The molecule has 0 bridgehead atoms. The van der Waals surface area contributed by atoms with Crippen molar-refractivity contribution in [1.82, 2.24) is 25.4 Å². The maximum atomic E-state index is 14.1. The molecule has 0 unspecified atom stereocenters. The van der Waals surface area contributed by atoms with Crippen LogP contribution in [0.5, 0.6) is 11.5 Å². The van der Waals surface area contributed by atoms with E-state index in [1.54, 1.807) is 37.5 Å². The van der Waals surface area contributed by atoms with Crippen molar-refractivity contribution in [3.05, 3.63) is 89.7 Å². The van der Waals surface area contributed by atoms with Crippen molar-refractivity contribution in [2.24, 2.45) is 0 Å². The number of piperidine rings is 1. The fraction of sp³-hybridized carbons (Fsp3) is 0.459. The minimum atomic E-state index is -0.910. The second-order valence-electron chi connectivity index (χ2n) is 13.3. The van der Waals surface area contributed by atoms with Gasteiger partial charge < -0.3 is 25.4 Å². The van der Waals surface area contributed by atoms with Crippen LogP contribution in [0.15, 0.2) is 73.1 Å². The number of carbonyl (C=O) groups is 3. The predicted octanol–water partition coefficient (Wildman–Crippen LogP) is 5.07. The molecule has 2 saturated heterocycles. The normalized spacial score (nSPS) is 20.0. The Balaban J connectivity index is 0.00000270. The van der Waals surface area contributed by atoms with Crippen molar-refractivity contribution < 1.29 is 24.2 Å². The molecule has 12 heteroatoms. The number of aromatic nitrogens is 1. The van der Waals surface area contributed by atoms with Gasteiger partial charge in [0.15, 0.2) is 0 Å². The highest BCUT2D eigenvalue weighted by Crippen LogP contribution is 2.38. The third kappa shape index (κ3) is 8.91. The Bertz CT molecular complexity index is 1540. The van der Waals surface area contributed by atoms with Crippen LogP contribution in [0.25, 0.3) is 0 Å². The molecule has 6 rings (SSSR count). The Morgan fingerprint density at radius 1 is 0.939 bits per heavy atom. The average molecular weight is 713 g/mol. The van der Waals surface area contributed by atoms with Gasteiger partial charge in [-0.1, -0.05) is 37.5 Å². The molecule has 1 aromatic heterocycles. The van der Waals surface area contributed by atoms with Crippen molar-refractivity contribution in [2.45, 2.75) is 81.5 Å². The number of hydrogen-bond acceptors (Lipinski definition) is 7. The van der Waals surface area contributed by atoms with Gasteiger partial charge in [0, 0.05) is 57.6 Å². The number of benzene rings is 2. The first-order valence-electron chi connectivity index (χ1n) is 16.8. The van der Waals surface area contributed by atoms with E-state index in [-0.39, 0.29) is 49.0 Å². The van der Waals surface area contributed by atoms with E-state index in [1.165, 1.54) is 0 Å². The number of aliphatic hydroxyl groups is 1. The summed E-state index contributed by atoms with van der Waals surface area (Å²) in [6, 6.07) is 18.1. The zero-order chi connectivity index (χ0) is 32.9. The molecule has 3 fully saturated rings. The summed E-state index contributed by atoms with van der Waals surface area (Å²) in [7, 11) is 1.60. The third-order valence-electron chi connectivity index (χ3n) is 10.1. The summed E-state index contributed by atoms with van der Waals surface area (Å²) in [5, 5.41) is 17.0. The average Bonchev–Trinajstić information content (AvgIpc) is 3.09. The first-order valence-corrected chi connectivity index (χ1v) is 16.8. The van der Waals surface area contributed by atoms with Crippen LogP contribution in [0.4, 0.5) is 0 Å². The van der Waals surface area contributed by atoms with Crippen LogP contribution < -0.4 is 15.4 Å². The fourth-order valence-electron chi connectivity index (χ4n) is 7.37. The lowest BCUT2D eigenvalue weighted by Crippen LogP contribution is -2.73. The van der Waals surface area contributed by atoms with Gasteiger partial charge in [0.1, 0.15) is 23.1 Å². The Kier molecular flexibility index (Phi) is 13.1. The van der Waals surface area contributed by atoms with Crippen LogP contribution in [0.2, 0.25) is 0 Å². The topological polar surface area (TPSA) is 124 Å². The molecule has 3 aliphatic rings. The molecule has 1 aliphatic carbocycles. The number of hydrogen-bond donors (Lipinski definition) is 3. The highest BCUT2D eigenvalue weighted by atomic mass is 35.5. The number of rotatable bonds is 10. The number of carbonyl (C=O) groups excluding carboxylic acids is 3. The zero-order valence-corrected chi connectivity index (χ0v) is 29.6. The van der Waals surface area contributed by atoms with Gasteiger partial charge in [-0.25, -0.2) is 0 Å². The summed E-state index contributed by atoms with van der Waals surface area (Å²) in [5.74, 6) is 1.02. The SMILES string of the molecule is CNC(=O)c1ccc(Oc2ccc(CN3CCC4(CC3)C(=O)N[C@H](CC3(O)CCCCC3)C(=O)N4CCc3cccnc3)cc2)cc1.Cl.Cl. The van der Waals surface area contributed by atoms with Gasteiger partial charge in [-0.3, -0.25) is 24.3 Å². The summed E-state index contributed by atoms with van der Waals surface area (Å²) in [6.07, 6.45) is 9.83. The minimum absolute atomic E-state index is 0. The zero-order valence-electron chi connectivity index (χ0n) is 27.9. The number of likely N-dealkylation sites (tertiary alicyclic amines) is 1. The van der Waals surface area contributed by atoms with Crippen LogP contribution in [0, 0.1) is 0 Å². The lowest BCUT2D eigenvalue weighted by Gasteiger charge is -2.52. The van der Waals surface area contributed by atoms with Crippen LogP contribution in [0.3, 0.4) is 0 Å². The van der Waals surface area contributed by atoms with E-state index in [2.05, 4.69) is 20.5 Å². The summed E-state index contributed by atoms with van der Waals surface area (Å²) in [5.41, 5.74) is 0.901. The molecule has 0 radical (unpaired) electrons. The molecule has 2 aliphatic heterocycles. The van der Waals surface area contributed by atoms with Gasteiger partial charge in [0.25, 0.3) is 5.91 Å². The number of nitrogens with zero attached hydrogens (tertiary/aromatic N) is 3. The minimum Gasteiger partial charge on any atom is -0.457 e. The molecule has 3 N–H and O–H groups in total. The maximum absolute atomic E-state index is 14.1. The summed E-state index contributed by atoms with van der Waals surface area (Å²) in [4.78, 5) is 48.3. The largest absolute Gasteiger partial charge is 0.457 e. The van der Waals surface area contributed by atoms with E-state index in [4.69, 9.17) is 4.74 Å². The molecular weight excluding hydrogens is 665 g/mol. The van der Waals surface area contributed by atoms with Gasteiger partial charge in [-0.2, -0.15) is 0 Å². The molecule has 3 amide bonds. The van der Waals surface area contributed by atoms with E-state index in [0.717, 1.165) is 36.9 Å². The predicted molar refractivity (Wildman–Crippen MR) is 192 cm³/mol. The van der Waals surface area contributed by atoms with E-state index in [1.807, 2.05) is 47.5 Å². The van der Waals surface area contributed by atoms with Crippen LogP contribution in [-0.2, 0) is 22.6 Å². The number of halogens is 2. The molecule has 10 nitrogen and oxygen atoms in total. The number of pyridine rings is 1. The molecule has 1 saturated carbocycles. The first kappa shape index (κ1) is 38.1. The second-order valence-corrected chi connectivity index (χ2v) is 13.3. The highest BCUT2D eigenvalue weighted by molar-refractivity contribution is 6.00. The van der Waals surface area contributed by atoms with Crippen molar-refractivity contribution in [3.63, 3.8) is 0 Å². The number of amides is 3. The Labute approximate surface area is 300 Å². The van der Waals surface area contributed by atoms with Gasteiger partial charge in [-0.05, 0) is 85.7 Å². The molecule has 264 valence electrons. The summed E-state index contributed by atoms with van der Waals surface area (Å²) < 4.78 is 5.97. The molecule has 2 aromatic carbocycles. The maximum Gasteiger partial charge on any atom is 0.251 e. The molecular formula is C37H47Cl2N5O5. The van der Waals surface area contributed by atoms with Crippen molar-refractivity contribution in [3.8, 4) is 11.5 Å². The van der Waals surface area contributed by atoms with Gasteiger partial charge in [0.05, 0.1) is 5.60 Å². The quantitative estimate of drug-likeness (QED) is 0.269. The highest BCUT2D eigenvalue weighted by Gasteiger charge is 2.54. The summed E-state index contributed by atoms with van der Waals surface area (Å²) >= 11 is 0. The summed E-state index contributed by atoms with van der Waals surface area (Å²) in [6.45, 7) is 2.50. The molecule has 3 heterocycles. The lowest BCUT2D eigenvalue weighted by molar-refractivity contribution is -0.163. The number of nitrogens with one attached hydrogen (secondary N) is 2. The van der Waals surface area contributed by atoms with Crippen LogP contribution >= 0.6 is 24.8 Å². The smallest absolute Gasteiger partial charge is 0.251 e. The second kappa shape index (κ2) is 16.8.